The van der Waals surface area contributed by atoms with E-state index in [2.05, 4.69) is 15.6 Å². The molecule has 0 spiro atoms. The largest absolute Gasteiger partial charge is 0.456 e. The summed E-state index contributed by atoms with van der Waals surface area (Å²) >= 11 is 0. The molecule has 0 aromatic rings. The van der Waals surface area contributed by atoms with Crippen molar-refractivity contribution in [1.29, 1.82) is 0 Å². The summed E-state index contributed by atoms with van der Waals surface area (Å²) in [7, 11) is 2.61. The van der Waals surface area contributed by atoms with Crippen LogP contribution in [0.2, 0.25) is 6.04 Å². The minimum absolute atomic E-state index is 0.0144. The van der Waals surface area contributed by atoms with E-state index in [1.165, 1.54) is 6.92 Å². The lowest BCUT2D eigenvalue weighted by Gasteiger charge is -2.17. The summed E-state index contributed by atoms with van der Waals surface area (Å²) in [4.78, 5) is 22.6. The quantitative estimate of drug-likeness (QED) is 0.275. The Morgan fingerprint density at radius 2 is 1.87 bits per heavy atom. The number of esters is 1. The molecule has 3 N–H and O–H groups in total. The Kier molecular flexibility index (Phi) is 15.0. The van der Waals surface area contributed by atoms with Gasteiger partial charge in [0.15, 0.2) is 6.10 Å². The zero-order valence-corrected chi connectivity index (χ0v) is 15.2. The van der Waals surface area contributed by atoms with E-state index in [0.717, 1.165) is 38.1 Å². The van der Waals surface area contributed by atoms with Gasteiger partial charge in [0, 0.05) is 30.3 Å². The SMILES string of the molecule is CC(=O)OC(COCCC[SiH])COC(=O)NCCCCCCN. The van der Waals surface area contributed by atoms with Gasteiger partial charge in [-0.05, 0) is 25.8 Å². The van der Waals surface area contributed by atoms with Gasteiger partial charge in [0.1, 0.15) is 6.61 Å². The molecule has 0 aliphatic carbocycles. The molecule has 0 aliphatic heterocycles. The maximum Gasteiger partial charge on any atom is 0.407 e. The molecule has 0 heterocycles. The van der Waals surface area contributed by atoms with E-state index < -0.39 is 18.2 Å². The van der Waals surface area contributed by atoms with Crippen molar-refractivity contribution in [3.63, 3.8) is 0 Å². The number of ether oxygens (including phenoxy) is 3. The number of rotatable bonds is 14. The van der Waals surface area contributed by atoms with Gasteiger partial charge >= 0.3 is 12.1 Å². The standard InChI is InChI=1S/C15H30N2O5Si/c1-13(18)22-14(11-20-9-6-10-23)12-21-15(19)17-8-5-3-2-4-7-16/h14,23H,2-12,16H2,1H3,(H,17,19). The molecule has 1 atom stereocenters. The number of nitrogens with one attached hydrogen (secondary N) is 1. The zero-order chi connectivity index (χ0) is 17.3. The highest BCUT2D eigenvalue weighted by Gasteiger charge is 2.15. The van der Waals surface area contributed by atoms with Crippen molar-refractivity contribution in [2.45, 2.75) is 51.2 Å². The van der Waals surface area contributed by atoms with Crippen LogP contribution in [0.1, 0.15) is 39.0 Å². The van der Waals surface area contributed by atoms with Crippen LogP contribution < -0.4 is 11.1 Å². The summed E-state index contributed by atoms with van der Waals surface area (Å²) in [6, 6.07) is 0.947. The summed E-state index contributed by atoms with van der Waals surface area (Å²) < 4.78 is 15.5. The first-order valence-corrected chi connectivity index (χ1v) is 8.97. The Morgan fingerprint density at radius 1 is 1.13 bits per heavy atom. The van der Waals surface area contributed by atoms with Crippen LogP contribution in [0.4, 0.5) is 4.79 Å². The Balaban J connectivity index is 3.80. The first-order chi connectivity index (χ1) is 11.1. The minimum Gasteiger partial charge on any atom is -0.456 e. The number of carbonyl (C=O) groups is 2. The van der Waals surface area contributed by atoms with Gasteiger partial charge in [0.2, 0.25) is 0 Å². The van der Waals surface area contributed by atoms with Gasteiger partial charge in [-0.15, -0.1) is 0 Å². The fraction of sp³-hybridized carbons (Fsp3) is 0.867. The third-order valence-corrected chi connectivity index (χ3v) is 3.34. The zero-order valence-electron chi connectivity index (χ0n) is 14.1. The summed E-state index contributed by atoms with van der Waals surface area (Å²) in [5, 5.41) is 2.67. The second-order valence-corrected chi connectivity index (χ2v) is 5.75. The van der Waals surface area contributed by atoms with Crippen LogP contribution >= 0.6 is 0 Å². The molecule has 134 valence electrons. The molecule has 0 fully saturated rings. The van der Waals surface area contributed by atoms with Crippen molar-refractivity contribution >= 4 is 22.3 Å². The number of alkyl carbamates (subject to hydrolysis) is 1. The second kappa shape index (κ2) is 15.8. The Hall–Kier alpha value is -1.12. The number of hydrogen-bond acceptors (Lipinski definition) is 6. The molecular formula is C15H30N2O5Si. The molecule has 8 heteroatoms. The summed E-state index contributed by atoms with van der Waals surface area (Å²) in [5.41, 5.74) is 5.41. The molecule has 2 radical (unpaired) electrons. The number of amides is 1. The molecule has 0 aliphatic rings. The van der Waals surface area contributed by atoms with Gasteiger partial charge in [-0.3, -0.25) is 4.79 Å². The van der Waals surface area contributed by atoms with E-state index in [4.69, 9.17) is 19.9 Å². The van der Waals surface area contributed by atoms with E-state index >= 15 is 0 Å². The molecule has 7 nitrogen and oxygen atoms in total. The lowest BCUT2D eigenvalue weighted by molar-refractivity contribution is -0.152. The maximum atomic E-state index is 11.6. The van der Waals surface area contributed by atoms with Crippen LogP contribution in [-0.4, -0.2) is 61.3 Å². The Morgan fingerprint density at radius 3 is 2.52 bits per heavy atom. The normalized spacial score (nSPS) is 11.8. The highest BCUT2D eigenvalue weighted by molar-refractivity contribution is 6.08. The molecule has 0 saturated heterocycles. The fourth-order valence-corrected chi connectivity index (χ4v) is 1.95. The highest BCUT2D eigenvalue weighted by atomic mass is 28.1. The summed E-state index contributed by atoms with van der Waals surface area (Å²) in [5.74, 6) is -0.423. The summed E-state index contributed by atoms with van der Waals surface area (Å²) in [6.45, 7) is 3.36. The van der Waals surface area contributed by atoms with Crippen molar-refractivity contribution < 1.29 is 23.8 Å². The van der Waals surface area contributed by atoms with Crippen molar-refractivity contribution in [1.82, 2.24) is 5.32 Å². The molecule has 0 saturated carbocycles. The van der Waals surface area contributed by atoms with Crippen molar-refractivity contribution in [3.8, 4) is 0 Å². The monoisotopic (exact) mass is 346 g/mol. The molecule has 1 amide bonds. The van der Waals surface area contributed by atoms with Gasteiger partial charge in [-0.2, -0.15) is 0 Å². The molecular weight excluding hydrogens is 316 g/mol. The maximum absolute atomic E-state index is 11.6. The molecule has 23 heavy (non-hydrogen) atoms. The third kappa shape index (κ3) is 15.5. The van der Waals surface area contributed by atoms with E-state index in [-0.39, 0.29) is 13.2 Å². The van der Waals surface area contributed by atoms with E-state index in [1.807, 2.05) is 0 Å². The van der Waals surface area contributed by atoms with Gasteiger partial charge in [-0.1, -0.05) is 18.9 Å². The lowest BCUT2D eigenvalue weighted by Crippen LogP contribution is -2.33. The van der Waals surface area contributed by atoms with Crippen molar-refractivity contribution in [2.75, 3.05) is 32.9 Å². The van der Waals surface area contributed by atoms with Crippen molar-refractivity contribution in [3.05, 3.63) is 0 Å². The average Bonchev–Trinajstić information content (AvgIpc) is 2.51. The smallest absolute Gasteiger partial charge is 0.407 e. The first kappa shape index (κ1) is 21.9. The Bertz CT molecular complexity index is 318. The van der Waals surface area contributed by atoms with Crippen LogP contribution in [-0.2, 0) is 19.0 Å². The minimum atomic E-state index is -0.577. The van der Waals surface area contributed by atoms with Gasteiger partial charge in [0.05, 0.1) is 6.61 Å². The molecule has 0 aromatic carbocycles. The third-order valence-electron chi connectivity index (χ3n) is 2.93. The summed E-state index contributed by atoms with van der Waals surface area (Å²) in [6.07, 6.45) is 3.81. The Labute approximate surface area is 142 Å². The highest BCUT2D eigenvalue weighted by Crippen LogP contribution is 1.99. The van der Waals surface area contributed by atoms with Gasteiger partial charge in [-0.25, -0.2) is 4.79 Å². The predicted molar refractivity (Wildman–Crippen MR) is 89.8 cm³/mol. The van der Waals surface area contributed by atoms with E-state index in [0.29, 0.717) is 19.7 Å². The molecule has 0 bridgehead atoms. The molecule has 0 aromatic heterocycles. The van der Waals surface area contributed by atoms with E-state index in [9.17, 15) is 9.59 Å². The number of unbranched alkanes of at least 4 members (excludes halogenated alkanes) is 3. The number of carbonyl (C=O) groups excluding carboxylic acids is 2. The van der Waals surface area contributed by atoms with Crippen LogP contribution in [0.3, 0.4) is 0 Å². The van der Waals surface area contributed by atoms with Gasteiger partial charge in [0.25, 0.3) is 0 Å². The van der Waals surface area contributed by atoms with Crippen LogP contribution in [0.5, 0.6) is 0 Å². The topological polar surface area (TPSA) is 99.9 Å². The number of hydrogen-bond donors (Lipinski definition) is 2. The van der Waals surface area contributed by atoms with Crippen LogP contribution in [0.25, 0.3) is 0 Å². The fourth-order valence-electron chi connectivity index (χ4n) is 1.78. The average molecular weight is 347 g/mol. The molecule has 1 unspecified atom stereocenters. The second-order valence-electron chi connectivity index (χ2n) is 5.18. The predicted octanol–water partition coefficient (Wildman–Crippen LogP) is 0.889. The molecule has 0 rings (SSSR count). The van der Waals surface area contributed by atoms with Gasteiger partial charge < -0.3 is 25.3 Å². The van der Waals surface area contributed by atoms with Crippen LogP contribution in [0, 0.1) is 0 Å². The van der Waals surface area contributed by atoms with E-state index in [1.54, 1.807) is 0 Å². The van der Waals surface area contributed by atoms with Crippen molar-refractivity contribution in [2.24, 2.45) is 5.73 Å². The first-order valence-electron chi connectivity index (χ1n) is 8.15. The number of nitrogens with two attached hydrogens (primary N) is 1. The van der Waals surface area contributed by atoms with Crippen LogP contribution in [0.15, 0.2) is 0 Å². The lowest BCUT2D eigenvalue weighted by atomic mass is 10.2.